The average molecular weight is 326 g/mol. The molecular formula is C19H26N4O. The Morgan fingerprint density at radius 3 is 2.88 bits per heavy atom. The summed E-state index contributed by atoms with van der Waals surface area (Å²) in [5.74, 6) is 1.47. The summed E-state index contributed by atoms with van der Waals surface area (Å²) < 4.78 is 5.66. The number of hydrogen-bond acceptors (Lipinski definition) is 5. The molecule has 1 atom stereocenters. The second kappa shape index (κ2) is 7.62. The lowest BCUT2D eigenvalue weighted by molar-refractivity contribution is 0.120. The lowest BCUT2D eigenvalue weighted by Gasteiger charge is -2.15. The van der Waals surface area contributed by atoms with Gasteiger partial charge in [-0.15, -0.1) is 0 Å². The number of aromatic nitrogens is 2. The SMILES string of the molecule is CCc1cccc(C)c1Nc1nc(C)cc(NCC2CCCO2)n1. The largest absolute Gasteiger partial charge is 0.376 e. The van der Waals surface area contributed by atoms with Crippen molar-refractivity contribution in [3.05, 3.63) is 41.1 Å². The summed E-state index contributed by atoms with van der Waals surface area (Å²) in [6.45, 7) is 7.91. The molecule has 1 aromatic carbocycles. The van der Waals surface area contributed by atoms with E-state index in [-0.39, 0.29) is 0 Å². The maximum absolute atomic E-state index is 5.66. The summed E-state index contributed by atoms with van der Waals surface area (Å²) in [7, 11) is 0. The second-order valence-electron chi connectivity index (χ2n) is 6.32. The zero-order valence-corrected chi connectivity index (χ0v) is 14.7. The number of para-hydroxylation sites is 1. The van der Waals surface area contributed by atoms with Crippen molar-refractivity contribution < 1.29 is 4.74 Å². The van der Waals surface area contributed by atoms with Gasteiger partial charge in [-0.3, -0.25) is 0 Å². The van der Waals surface area contributed by atoms with Crippen LogP contribution in [0.1, 0.15) is 36.6 Å². The minimum atomic E-state index is 0.291. The van der Waals surface area contributed by atoms with Crippen molar-refractivity contribution in [2.75, 3.05) is 23.8 Å². The Morgan fingerprint density at radius 1 is 1.25 bits per heavy atom. The third-order valence-corrected chi connectivity index (χ3v) is 4.37. The molecule has 1 fully saturated rings. The number of benzene rings is 1. The van der Waals surface area contributed by atoms with Crippen molar-refractivity contribution in [1.29, 1.82) is 0 Å². The van der Waals surface area contributed by atoms with E-state index in [0.29, 0.717) is 12.1 Å². The molecular weight excluding hydrogens is 300 g/mol. The number of aryl methyl sites for hydroxylation is 3. The molecule has 0 amide bonds. The Kier molecular flexibility index (Phi) is 5.30. The quantitative estimate of drug-likeness (QED) is 0.840. The fourth-order valence-electron chi connectivity index (χ4n) is 3.05. The van der Waals surface area contributed by atoms with E-state index >= 15 is 0 Å². The molecule has 128 valence electrons. The van der Waals surface area contributed by atoms with Gasteiger partial charge in [0.05, 0.1) is 6.10 Å². The molecule has 0 bridgehead atoms. The van der Waals surface area contributed by atoms with E-state index in [2.05, 4.69) is 52.6 Å². The molecule has 0 aliphatic carbocycles. The number of nitrogens with one attached hydrogen (secondary N) is 2. The number of anilines is 3. The lowest BCUT2D eigenvalue weighted by atomic mass is 10.1. The molecule has 0 saturated carbocycles. The minimum absolute atomic E-state index is 0.291. The highest BCUT2D eigenvalue weighted by Gasteiger charge is 2.15. The van der Waals surface area contributed by atoms with Crippen LogP contribution in [0.4, 0.5) is 17.5 Å². The second-order valence-corrected chi connectivity index (χ2v) is 6.32. The Morgan fingerprint density at radius 2 is 2.12 bits per heavy atom. The molecule has 0 radical (unpaired) electrons. The fraction of sp³-hybridized carbons (Fsp3) is 0.474. The van der Waals surface area contributed by atoms with Crippen LogP contribution in [-0.4, -0.2) is 29.2 Å². The summed E-state index contributed by atoms with van der Waals surface area (Å²) in [6, 6.07) is 8.30. The van der Waals surface area contributed by atoms with E-state index in [1.807, 2.05) is 13.0 Å². The smallest absolute Gasteiger partial charge is 0.229 e. The molecule has 2 N–H and O–H groups in total. The number of nitrogens with zero attached hydrogens (tertiary/aromatic N) is 2. The topological polar surface area (TPSA) is 59.1 Å². The highest BCUT2D eigenvalue weighted by atomic mass is 16.5. The van der Waals surface area contributed by atoms with Crippen LogP contribution in [-0.2, 0) is 11.2 Å². The molecule has 1 unspecified atom stereocenters. The first kappa shape index (κ1) is 16.7. The monoisotopic (exact) mass is 326 g/mol. The molecule has 3 rings (SSSR count). The Balaban J connectivity index is 1.76. The van der Waals surface area contributed by atoms with Gasteiger partial charge in [0.25, 0.3) is 0 Å². The van der Waals surface area contributed by atoms with Gasteiger partial charge < -0.3 is 15.4 Å². The maximum Gasteiger partial charge on any atom is 0.229 e. The van der Waals surface area contributed by atoms with Gasteiger partial charge in [-0.2, -0.15) is 4.98 Å². The zero-order valence-electron chi connectivity index (χ0n) is 14.7. The third-order valence-electron chi connectivity index (χ3n) is 4.37. The van der Waals surface area contributed by atoms with Crippen LogP contribution in [0.2, 0.25) is 0 Å². The van der Waals surface area contributed by atoms with Crippen molar-refractivity contribution in [3.63, 3.8) is 0 Å². The molecule has 24 heavy (non-hydrogen) atoms. The summed E-state index contributed by atoms with van der Waals surface area (Å²) >= 11 is 0. The van der Waals surface area contributed by atoms with E-state index in [4.69, 9.17) is 4.74 Å². The van der Waals surface area contributed by atoms with E-state index in [0.717, 1.165) is 49.6 Å². The third kappa shape index (κ3) is 4.03. The van der Waals surface area contributed by atoms with E-state index in [1.54, 1.807) is 0 Å². The zero-order chi connectivity index (χ0) is 16.9. The van der Waals surface area contributed by atoms with Crippen LogP contribution < -0.4 is 10.6 Å². The maximum atomic E-state index is 5.66. The van der Waals surface area contributed by atoms with Gasteiger partial charge >= 0.3 is 0 Å². The van der Waals surface area contributed by atoms with Crippen LogP contribution in [0.3, 0.4) is 0 Å². The van der Waals surface area contributed by atoms with Gasteiger partial charge in [-0.05, 0) is 44.2 Å². The van der Waals surface area contributed by atoms with Gasteiger partial charge in [-0.25, -0.2) is 4.98 Å². The van der Waals surface area contributed by atoms with Crippen LogP contribution in [0.25, 0.3) is 0 Å². The first-order chi connectivity index (χ1) is 11.7. The van der Waals surface area contributed by atoms with Gasteiger partial charge in [0.15, 0.2) is 0 Å². The van der Waals surface area contributed by atoms with Crippen LogP contribution >= 0.6 is 0 Å². The van der Waals surface area contributed by atoms with Crippen LogP contribution in [0.15, 0.2) is 24.3 Å². The molecule has 1 aromatic heterocycles. The highest BCUT2D eigenvalue weighted by molar-refractivity contribution is 5.64. The summed E-state index contributed by atoms with van der Waals surface area (Å²) in [5, 5.41) is 6.79. The molecule has 2 aromatic rings. The molecule has 1 saturated heterocycles. The summed E-state index contributed by atoms with van der Waals surface area (Å²) in [6.07, 6.45) is 3.53. The molecule has 5 heteroatoms. The predicted molar refractivity (Wildman–Crippen MR) is 98.1 cm³/mol. The van der Waals surface area contributed by atoms with Crippen molar-refractivity contribution in [2.24, 2.45) is 0 Å². The van der Waals surface area contributed by atoms with Gasteiger partial charge in [0.2, 0.25) is 5.95 Å². The van der Waals surface area contributed by atoms with Crippen molar-refractivity contribution >= 4 is 17.5 Å². The Labute approximate surface area is 143 Å². The Bertz CT molecular complexity index is 696. The molecule has 1 aliphatic rings. The first-order valence-electron chi connectivity index (χ1n) is 8.72. The van der Waals surface area contributed by atoms with Gasteiger partial charge in [-0.1, -0.05) is 25.1 Å². The highest BCUT2D eigenvalue weighted by Crippen LogP contribution is 2.24. The molecule has 1 aliphatic heterocycles. The fourth-order valence-corrected chi connectivity index (χ4v) is 3.05. The molecule has 5 nitrogen and oxygen atoms in total. The van der Waals surface area contributed by atoms with Crippen LogP contribution in [0, 0.1) is 13.8 Å². The summed E-state index contributed by atoms with van der Waals surface area (Å²) in [5.41, 5.74) is 4.52. The molecule has 2 heterocycles. The average Bonchev–Trinajstić information content (AvgIpc) is 3.08. The number of ether oxygens (including phenoxy) is 1. The lowest BCUT2D eigenvalue weighted by Crippen LogP contribution is -2.19. The number of hydrogen-bond donors (Lipinski definition) is 2. The van der Waals surface area contributed by atoms with Crippen LogP contribution in [0.5, 0.6) is 0 Å². The molecule has 0 spiro atoms. The van der Waals surface area contributed by atoms with E-state index in [1.165, 1.54) is 11.1 Å². The standard InChI is InChI=1S/C19H26N4O/c1-4-15-8-5-7-13(2)18(15)23-19-21-14(3)11-17(22-19)20-12-16-9-6-10-24-16/h5,7-8,11,16H,4,6,9-10,12H2,1-3H3,(H2,20,21,22,23). The van der Waals surface area contributed by atoms with Gasteiger partial charge in [0, 0.05) is 30.6 Å². The van der Waals surface area contributed by atoms with E-state index in [9.17, 15) is 0 Å². The minimum Gasteiger partial charge on any atom is -0.376 e. The Hall–Kier alpha value is -2.14. The first-order valence-corrected chi connectivity index (χ1v) is 8.72. The summed E-state index contributed by atoms with van der Waals surface area (Å²) in [4.78, 5) is 9.15. The van der Waals surface area contributed by atoms with Gasteiger partial charge in [0.1, 0.15) is 5.82 Å². The van der Waals surface area contributed by atoms with Crippen molar-refractivity contribution in [1.82, 2.24) is 9.97 Å². The number of rotatable bonds is 6. The van der Waals surface area contributed by atoms with Crippen molar-refractivity contribution in [2.45, 2.75) is 46.1 Å². The normalized spacial score (nSPS) is 17.0. The predicted octanol–water partition coefficient (Wildman–Crippen LogP) is 3.99. The van der Waals surface area contributed by atoms with E-state index < -0.39 is 0 Å². The van der Waals surface area contributed by atoms with Crippen molar-refractivity contribution in [3.8, 4) is 0 Å².